The van der Waals surface area contributed by atoms with Crippen molar-refractivity contribution in [3.63, 3.8) is 0 Å². The van der Waals surface area contributed by atoms with Gasteiger partial charge in [-0.1, -0.05) is 0 Å². The normalized spacial score (nSPS) is 11.2. The minimum absolute atomic E-state index is 0.0337. The zero-order chi connectivity index (χ0) is 16.4. The fourth-order valence-corrected chi connectivity index (χ4v) is 2.95. The third-order valence-electron chi connectivity index (χ3n) is 4.20. The molecule has 0 aliphatic carbocycles. The highest BCUT2D eigenvalue weighted by molar-refractivity contribution is 5.98. The predicted molar refractivity (Wildman–Crippen MR) is 95.0 cm³/mol. The lowest BCUT2D eigenvalue weighted by Crippen LogP contribution is -2.25. The van der Waals surface area contributed by atoms with Crippen LogP contribution in [0, 0.1) is 0 Å². The van der Waals surface area contributed by atoms with E-state index in [-0.39, 0.29) is 5.91 Å². The monoisotopic (exact) mass is 318 g/mol. The maximum absolute atomic E-state index is 12.2. The summed E-state index contributed by atoms with van der Waals surface area (Å²) in [5.41, 5.74) is 2.72. The van der Waals surface area contributed by atoms with Crippen molar-refractivity contribution in [1.82, 2.24) is 19.9 Å². The highest BCUT2D eigenvalue weighted by Crippen LogP contribution is 2.14. The van der Waals surface area contributed by atoms with Crippen LogP contribution >= 0.6 is 0 Å². The molecule has 0 fully saturated rings. The summed E-state index contributed by atoms with van der Waals surface area (Å²) in [7, 11) is 0. The van der Waals surface area contributed by atoms with E-state index in [1.54, 1.807) is 6.20 Å². The molecule has 3 aromatic heterocycles. The van der Waals surface area contributed by atoms with Gasteiger partial charge >= 0.3 is 0 Å². The van der Waals surface area contributed by atoms with Crippen LogP contribution in [0.5, 0.6) is 0 Å². The van der Waals surface area contributed by atoms with E-state index in [4.69, 9.17) is 0 Å². The summed E-state index contributed by atoms with van der Waals surface area (Å²) < 4.78 is 2.12. The number of H-pyrrole nitrogens is 1. The van der Waals surface area contributed by atoms with E-state index in [9.17, 15) is 4.79 Å². The van der Waals surface area contributed by atoms with E-state index in [0.29, 0.717) is 12.1 Å². The van der Waals surface area contributed by atoms with Crippen molar-refractivity contribution >= 4 is 27.8 Å². The zero-order valence-corrected chi connectivity index (χ0v) is 13.2. The largest absolute Gasteiger partial charge is 0.361 e. The maximum atomic E-state index is 12.2. The minimum atomic E-state index is -0.0337. The smallest absolute Gasteiger partial charge is 0.251 e. The highest BCUT2D eigenvalue weighted by atomic mass is 16.1. The Morgan fingerprint density at radius 3 is 3.08 bits per heavy atom. The van der Waals surface area contributed by atoms with E-state index in [1.807, 2.05) is 42.7 Å². The topological polar surface area (TPSA) is 62.7 Å². The Bertz CT molecular complexity index is 999. The molecule has 5 nitrogen and oxygen atoms in total. The Hall–Kier alpha value is -3.08. The summed E-state index contributed by atoms with van der Waals surface area (Å²) in [6.07, 6.45) is 6.58. The molecule has 1 aromatic carbocycles. The number of aromatic nitrogens is 3. The molecule has 5 heteroatoms. The van der Waals surface area contributed by atoms with Crippen LogP contribution < -0.4 is 5.32 Å². The first kappa shape index (κ1) is 14.5. The number of nitrogens with one attached hydrogen (secondary N) is 2. The first-order valence-electron chi connectivity index (χ1n) is 8.06. The molecule has 4 aromatic rings. The number of carbonyl (C=O) groups is 1. The molecule has 24 heavy (non-hydrogen) atoms. The second-order valence-electron chi connectivity index (χ2n) is 5.81. The van der Waals surface area contributed by atoms with Crippen LogP contribution in [0.15, 0.2) is 61.1 Å². The van der Waals surface area contributed by atoms with E-state index < -0.39 is 0 Å². The Labute approximate surface area is 139 Å². The number of aromatic amines is 1. The van der Waals surface area contributed by atoms with Gasteiger partial charge in [-0.05, 0) is 48.9 Å². The highest BCUT2D eigenvalue weighted by Gasteiger charge is 2.06. The van der Waals surface area contributed by atoms with E-state index in [1.165, 1.54) is 0 Å². The quantitative estimate of drug-likeness (QED) is 0.554. The van der Waals surface area contributed by atoms with Gasteiger partial charge in [-0.3, -0.25) is 4.79 Å². The van der Waals surface area contributed by atoms with Gasteiger partial charge in [-0.25, -0.2) is 4.98 Å². The molecule has 0 saturated heterocycles. The number of amides is 1. The van der Waals surface area contributed by atoms with Crippen molar-refractivity contribution in [3.05, 3.63) is 66.6 Å². The van der Waals surface area contributed by atoms with Crippen LogP contribution in [0.2, 0.25) is 0 Å². The summed E-state index contributed by atoms with van der Waals surface area (Å²) in [5.74, 6) is -0.0337. The molecule has 2 N–H and O–H groups in total. The van der Waals surface area contributed by atoms with Crippen LogP contribution in [0.3, 0.4) is 0 Å². The Morgan fingerprint density at radius 1 is 1.17 bits per heavy atom. The van der Waals surface area contributed by atoms with Crippen molar-refractivity contribution in [3.8, 4) is 0 Å². The second-order valence-corrected chi connectivity index (χ2v) is 5.81. The van der Waals surface area contributed by atoms with Crippen LogP contribution in [0.4, 0.5) is 0 Å². The standard InChI is InChI=1S/C19H18N4O/c24-19(16-4-5-17-15(13-16)6-10-20-17)22-9-2-11-23-12-7-14-3-1-8-21-18(14)23/h1,3-8,10,12-13,20H,2,9,11H2,(H,22,24). The van der Waals surface area contributed by atoms with Gasteiger partial charge in [0.15, 0.2) is 0 Å². The molecule has 4 rings (SSSR count). The summed E-state index contributed by atoms with van der Waals surface area (Å²) in [4.78, 5) is 19.8. The van der Waals surface area contributed by atoms with Gasteiger partial charge in [-0.15, -0.1) is 0 Å². The number of hydrogen-bond acceptors (Lipinski definition) is 2. The first-order chi connectivity index (χ1) is 11.8. The average molecular weight is 318 g/mol. The predicted octanol–water partition coefficient (Wildman–Crippen LogP) is 3.34. The second kappa shape index (κ2) is 6.20. The molecule has 0 aliphatic heterocycles. The average Bonchev–Trinajstić information content (AvgIpc) is 3.24. The third kappa shape index (κ3) is 2.76. The fourth-order valence-electron chi connectivity index (χ4n) is 2.95. The third-order valence-corrected chi connectivity index (χ3v) is 4.20. The van der Waals surface area contributed by atoms with Crippen LogP contribution in [0.1, 0.15) is 16.8 Å². The van der Waals surface area contributed by atoms with Crippen molar-refractivity contribution in [2.45, 2.75) is 13.0 Å². The van der Waals surface area contributed by atoms with E-state index in [0.717, 1.165) is 34.9 Å². The van der Waals surface area contributed by atoms with Gasteiger partial charge in [0.1, 0.15) is 5.65 Å². The molecular formula is C19H18N4O. The fraction of sp³-hybridized carbons (Fsp3) is 0.158. The summed E-state index contributed by atoms with van der Waals surface area (Å²) in [6, 6.07) is 13.7. The zero-order valence-electron chi connectivity index (χ0n) is 13.2. The number of rotatable bonds is 5. The van der Waals surface area contributed by atoms with Gasteiger partial charge in [0.05, 0.1) is 0 Å². The molecule has 0 saturated carbocycles. The van der Waals surface area contributed by atoms with Crippen molar-refractivity contribution in [2.75, 3.05) is 6.54 Å². The number of nitrogens with zero attached hydrogens (tertiary/aromatic N) is 2. The number of carbonyl (C=O) groups excluding carboxylic acids is 1. The van der Waals surface area contributed by atoms with Crippen LogP contribution in [-0.2, 0) is 6.54 Å². The number of benzene rings is 1. The number of fused-ring (bicyclic) bond motifs is 2. The Morgan fingerprint density at radius 2 is 2.12 bits per heavy atom. The van der Waals surface area contributed by atoms with Gasteiger partial charge < -0.3 is 14.9 Å². The van der Waals surface area contributed by atoms with E-state index in [2.05, 4.69) is 32.0 Å². The SMILES string of the molecule is O=C(NCCCn1ccc2cccnc21)c1ccc2[nH]ccc2c1. The molecule has 0 aliphatic rings. The van der Waals surface area contributed by atoms with Gasteiger partial charge in [-0.2, -0.15) is 0 Å². The molecule has 0 bridgehead atoms. The lowest BCUT2D eigenvalue weighted by Gasteiger charge is -2.07. The number of pyridine rings is 1. The Balaban J connectivity index is 1.34. The molecule has 1 amide bonds. The van der Waals surface area contributed by atoms with Gasteiger partial charge in [0.2, 0.25) is 0 Å². The summed E-state index contributed by atoms with van der Waals surface area (Å²) in [5, 5.41) is 5.17. The maximum Gasteiger partial charge on any atom is 0.251 e. The summed E-state index contributed by atoms with van der Waals surface area (Å²) in [6.45, 7) is 1.47. The van der Waals surface area contributed by atoms with Gasteiger partial charge in [0, 0.05) is 53.5 Å². The molecule has 3 heterocycles. The number of hydrogen-bond donors (Lipinski definition) is 2. The van der Waals surface area contributed by atoms with Crippen LogP contribution in [-0.4, -0.2) is 27.0 Å². The van der Waals surface area contributed by atoms with Crippen molar-refractivity contribution in [2.24, 2.45) is 0 Å². The first-order valence-corrected chi connectivity index (χ1v) is 8.06. The van der Waals surface area contributed by atoms with Crippen molar-refractivity contribution in [1.29, 1.82) is 0 Å². The summed E-state index contributed by atoms with van der Waals surface area (Å²) >= 11 is 0. The molecule has 120 valence electrons. The van der Waals surface area contributed by atoms with Crippen LogP contribution in [0.25, 0.3) is 21.9 Å². The van der Waals surface area contributed by atoms with E-state index >= 15 is 0 Å². The molecule has 0 spiro atoms. The Kier molecular flexibility index (Phi) is 3.75. The molecular weight excluding hydrogens is 300 g/mol. The minimum Gasteiger partial charge on any atom is -0.361 e. The van der Waals surface area contributed by atoms with Gasteiger partial charge in [0.25, 0.3) is 5.91 Å². The van der Waals surface area contributed by atoms with Crippen molar-refractivity contribution < 1.29 is 4.79 Å². The molecule has 0 radical (unpaired) electrons. The lowest BCUT2D eigenvalue weighted by atomic mass is 10.1. The molecule has 0 atom stereocenters. The molecule has 0 unspecified atom stereocenters. The number of aryl methyl sites for hydroxylation is 1. The lowest BCUT2D eigenvalue weighted by molar-refractivity contribution is 0.0953.